The summed E-state index contributed by atoms with van der Waals surface area (Å²) in [5.41, 5.74) is 2.61. The van der Waals surface area contributed by atoms with Gasteiger partial charge in [0.1, 0.15) is 0 Å². The highest BCUT2D eigenvalue weighted by atomic mass is 16.2. The zero-order chi connectivity index (χ0) is 11.5. The van der Waals surface area contributed by atoms with E-state index in [9.17, 15) is 0 Å². The molecule has 0 radical (unpaired) electrons. The molecule has 0 unspecified atom stereocenters. The van der Waals surface area contributed by atoms with Crippen LogP contribution < -0.4 is 0 Å². The van der Waals surface area contributed by atoms with Crippen LogP contribution in [0.4, 0.5) is 0 Å². The SMILES string of the molecule is C/C=C\C.Cc1cccc(CCCO)c1. The van der Waals surface area contributed by atoms with Crippen molar-refractivity contribution in [2.24, 2.45) is 0 Å². The Labute approximate surface area is 93.5 Å². The lowest BCUT2D eigenvalue weighted by atomic mass is 10.1. The monoisotopic (exact) mass is 206 g/mol. The first-order chi connectivity index (χ1) is 7.24. The van der Waals surface area contributed by atoms with Crippen LogP contribution >= 0.6 is 0 Å². The van der Waals surface area contributed by atoms with Gasteiger partial charge in [-0.1, -0.05) is 42.0 Å². The summed E-state index contributed by atoms with van der Waals surface area (Å²) in [5, 5.41) is 8.60. The van der Waals surface area contributed by atoms with Gasteiger partial charge in [0, 0.05) is 6.61 Å². The highest BCUT2D eigenvalue weighted by Crippen LogP contribution is 2.05. The van der Waals surface area contributed by atoms with Crippen LogP contribution in [0.5, 0.6) is 0 Å². The molecule has 0 aliphatic carbocycles. The molecule has 0 saturated carbocycles. The number of aliphatic hydroxyl groups is 1. The van der Waals surface area contributed by atoms with Gasteiger partial charge in [-0.15, -0.1) is 0 Å². The van der Waals surface area contributed by atoms with Crippen LogP contribution in [0.25, 0.3) is 0 Å². The third-order valence-electron chi connectivity index (χ3n) is 2.04. The lowest BCUT2D eigenvalue weighted by molar-refractivity contribution is 0.288. The van der Waals surface area contributed by atoms with E-state index in [1.165, 1.54) is 11.1 Å². The largest absolute Gasteiger partial charge is 0.396 e. The molecule has 0 atom stereocenters. The smallest absolute Gasteiger partial charge is 0.0434 e. The molecule has 0 heterocycles. The normalized spacial score (nSPS) is 9.87. The second-order valence-electron chi connectivity index (χ2n) is 3.48. The van der Waals surface area contributed by atoms with Crippen molar-refractivity contribution in [3.63, 3.8) is 0 Å². The molecule has 1 nitrogen and oxygen atoms in total. The zero-order valence-corrected chi connectivity index (χ0v) is 10.0. The molecule has 1 aromatic rings. The molecule has 0 bridgehead atoms. The lowest BCUT2D eigenvalue weighted by Crippen LogP contribution is -1.89. The lowest BCUT2D eigenvalue weighted by Gasteiger charge is -1.99. The molecule has 15 heavy (non-hydrogen) atoms. The van der Waals surface area contributed by atoms with Gasteiger partial charge in [0.2, 0.25) is 0 Å². The van der Waals surface area contributed by atoms with Crippen molar-refractivity contribution in [3.8, 4) is 0 Å². The molecule has 0 amide bonds. The van der Waals surface area contributed by atoms with E-state index in [2.05, 4.69) is 31.2 Å². The Balaban J connectivity index is 0.000000423. The van der Waals surface area contributed by atoms with Gasteiger partial charge in [-0.3, -0.25) is 0 Å². The first-order valence-corrected chi connectivity index (χ1v) is 5.48. The van der Waals surface area contributed by atoms with E-state index in [0.29, 0.717) is 0 Å². The van der Waals surface area contributed by atoms with Crippen molar-refractivity contribution >= 4 is 0 Å². The first-order valence-electron chi connectivity index (χ1n) is 5.48. The Morgan fingerprint density at radius 1 is 1.20 bits per heavy atom. The summed E-state index contributed by atoms with van der Waals surface area (Å²) in [5.74, 6) is 0. The van der Waals surface area contributed by atoms with Crippen molar-refractivity contribution in [1.82, 2.24) is 0 Å². The van der Waals surface area contributed by atoms with Crippen LogP contribution in [0.3, 0.4) is 0 Å². The number of hydrogen-bond acceptors (Lipinski definition) is 1. The van der Waals surface area contributed by atoms with Gasteiger partial charge < -0.3 is 5.11 Å². The Bertz CT molecular complexity index is 272. The summed E-state index contributed by atoms with van der Waals surface area (Å²) in [6.07, 6.45) is 5.85. The average Bonchev–Trinajstić information content (AvgIpc) is 2.27. The number of rotatable bonds is 3. The van der Waals surface area contributed by atoms with Gasteiger partial charge in [0.15, 0.2) is 0 Å². The van der Waals surface area contributed by atoms with E-state index in [4.69, 9.17) is 5.11 Å². The van der Waals surface area contributed by atoms with Crippen LogP contribution in [-0.2, 0) is 6.42 Å². The van der Waals surface area contributed by atoms with Crippen LogP contribution in [0, 0.1) is 6.92 Å². The van der Waals surface area contributed by atoms with E-state index in [1.54, 1.807) is 0 Å². The van der Waals surface area contributed by atoms with E-state index in [0.717, 1.165) is 12.8 Å². The molecule has 0 aliphatic rings. The second-order valence-corrected chi connectivity index (χ2v) is 3.48. The van der Waals surface area contributed by atoms with Gasteiger partial charge in [-0.05, 0) is 39.2 Å². The van der Waals surface area contributed by atoms with E-state index in [-0.39, 0.29) is 6.61 Å². The third kappa shape index (κ3) is 7.95. The maximum atomic E-state index is 8.60. The standard InChI is InChI=1S/C10H14O.C4H8/c1-9-4-2-5-10(8-9)6-3-7-11;1-3-4-2/h2,4-5,8,11H,3,6-7H2,1H3;3-4H,1-2H3/b;4-3-. The summed E-state index contributed by atoms with van der Waals surface area (Å²) < 4.78 is 0. The molecule has 0 spiro atoms. The van der Waals surface area contributed by atoms with Crippen molar-refractivity contribution in [2.75, 3.05) is 6.61 Å². The molecule has 1 rings (SSSR count). The number of benzene rings is 1. The van der Waals surface area contributed by atoms with Gasteiger partial charge in [0.25, 0.3) is 0 Å². The van der Waals surface area contributed by atoms with Crippen LogP contribution in [0.1, 0.15) is 31.4 Å². The molecular weight excluding hydrogens is 184 g/mol. The Morgan fingerprint density at radius 3 is 2.33 bits per heavy atom. The maximum Gasteiger partial charge on any atom is 0.0434 e. The fraction of sp³-hybridized carbons (Fsp3) is 0.429. The first kappa shape index (κ1) is 13.9. The average molecular weight is 206 g/mol. The number of allylic oxidation sites excluding steroid dienone is 2. The molecule has 1 heteroatoms. The molecule has 0 saturated heterocycles. The van der Waals surface area contributed by atoms with Crippen molar-refractivity contribution in [2.45, 2.75) is 33.6 Å². The number of hydrogen-bond donors (Lipinski definition) is 1. The van der Waals surface area contributed by atoms with Gasteiger partial charge in [0.05, 0.1) is 0 Å². The molecular formula is C14H22O. The quantitative estimate of drug-likeness (QED) is 0.750. The minimum Gasteiger partial charge on any atom is -0.396 e. The summed E-state index contributed by atoms with van der Waals surface area (Å²) in [4.78, 5) is 0. The fourth-order valence-electron chi connectivity index (χ4n) is 1.15. The van der Waals surface area contributed by atoms with Crippen LogP contribution in [0.2, 0.25) is 0 Å². The Kier molecular flexibility index (Phi) is 8.79. The minimum atomic E-state index is 0.286. The van der Waals surface area contributed by atoms with Gasteiger partial charge >= 0.3 is 0 Å². The topological polar surface area (TPSA) is 20.2 Å². The highest BCUT2D eigenvalue weighted by molar-refractivity contribution is 5.22. The molecule has 1 aromatic carbocycles. The van der Waals surface area contributed by atoms with Crippen molar-refractivity contribution in [3.05, 3.63) is 47.5 Å². The zero-order valence-electron chi connectivity index (χ0n) is 10.0. The third-order valence-corrected chi connectivity index (χ3v) is 2.04. The van der Waals surface area contributed by atoms with Crippen LogP contribution in [-0.4, -0.2) is 11.7 Å². The van der Waals surface area contributed by atoms with E-state index in [1.807, 2.05) is 26.0 Å². The molecule has 1 N–H and O–H groups in total. The predicted octanol–water partition coefficient (Wildman–Crippen LogP) is 3.50. The Morgan fingerprint density at radius 2 is 1.87 bits per heavy atom. The minimum absolute atomic E-state index is 0.286. The number of aliphatic hydroxyl groups excluding tert-OH is 1. The maximum absolute atomic E-state index is 8.60. The van der Waals surface area contributed by atoms with Crippen molar-refractivity contribution in [1.29, 1.82) is 0 Å². The highest BCUT2D eigenvalue weighted by Gasteiger charge is 1.91. The summed E-state index contributed by atoms with van der Waals surface area (Å²) >= 11 is 0. The second kappa shape index (κ2) is 9.47. The number of aryl methyl sites for hydroxylation is 2. The van der Waals surface area contributed by atoms with Crippen LogP contribution in [0.15, 0.2) is 36.4 Å². The summed E-state index contributed by atoms with van der Waals surface area (Å²) in [6.45, 7) is 6.37. The fourth-order valence-corrected chi connectivity index (χ4v) is 1.15. The molecule has 0 fully saturated rings. The van der Waals surface area contributed by atoms with E-state index < -0.39 is 0 Å². The Hall–Kier alpha value is -1.08. The molecule has 0 aromatic heterocycles. The molecule has 84 valence electrons. The summed E-state index contributed by atoms with van der Waals surface area (Å²) in [6, 6.07) is 8.41. The van der Waals surface area contributed by atoms with Crippen molar-refractivity contribution < 1.29 is 5.11 Å². The predicted molar refractivity (Wildman–Crippen MR) is 67.1 cm³/mol. The van der Waals surface area contributed by atoms with Gasteiger partial charge in [-0.2, -0.15) is 0 Å². The van der Waals surface area contributed by atoms with Gasteiger partial charge in [-0.25, -0.2) is 0 Å². The summed E-state index contributed by atoms with van der Waals surface area (Å²) in [7, 11) is 0. The van der Waals surface area contributed by atoms with E-state index >= 15 is 0 Å². The molecule has 0 aliphatic heterocycles.